The van der Waals surface area contributed by atoms with Crippen molar-refractivity contribution >= 4 is 5.91 Å². The monoisotopic (exact) mass is 353 g/mol. The molecule has 0 bridgehead atoms. The molecule has 1 N–H and O–H groups in total. The number of imidazole rings is 1. The third kappa shape index (κ3) is 3.99. The Morgan fingerprint density at radius 3 is 2.73 bits per heavy atom. The van der Waals surface area contributed by atoms with E-state index in [1.54, 1.807) is 6.20 Å². The zero-order valence-corrected chi connectivity index (χ0v) is 15.2. The standard InChI is InChI=1S/C19H23N5O2/c1-13(2)17-20-11-12-24(17)14(3)18(25)21-10-9-16-22-19(26-23-16)15-7-5-4-6-8-15/h4-8,11-14H,9-10H2,1-3H3,(H,21,25)/t14-/m0/s1. The van der Waals surface area contributed by atoms with E-state index >= 15 is 0 Å². The molecule has 1 aromatic carbocycles. The molecule has 0 unspecified atom stereocenters. The first-order valence-electron chi connectivity index (χ1n) is 8.74. The summed E-state index contributed by atoms with van der Waals surface area (Å²) in [7, 11) is 0. The number of nitrogens with one attached hydrogen (secondary N) is 1. The summed E-state index contributed by atoms with van der Waals surface area (Å²) in [4.78, 5) is 21.1. The van der Waals surface area contributed by atoms with E-state index in [2.05, 4.69) is 34.3 Å². The quantitative estimate of drug-likeness (QED) is 0.706. The minimum Gasteiger partial charge on any atom is -0.354 e. The molecule has 0 radical (unpaired) electrons. The fourth-order valence-electron chi connectivity index (χ4n) is 2.72. The van der Waals surface area contributed by atoms with Crippen LogP contribution in [0.5, 0.6) is 0 Å². The van der Waals surface area contributed by atoms with E-state index in [9.17, 15) is 4.79 Å². The van der Waals surface area contributed by atoms with Crippen LogP contribution in [0.4, 0.5) is 0 Å². The summed E-state index contributed by atoms with van der Waals surface area (Å²) in [5.41, 5.74) is 0.880. The maximum absolute atomic E-state index is 12.4. The maximum atomic E-state index is 12.4. The fraction of sp³-hybridized carbons (Fsp3) is 0.368. The Morgan fingerprint density at radius 2 is 2.00 bits per heavy atom. The molecule has 1 atom stereocenters. The number of nitrogens with zero attached hydrogens (tertiary/aromatic N) is 4. The molecule has 0 fully saturated rings. The lowest BCUT2D eigenvalue weighted by Gasteiger charge is -2.17. The van der Waals surface area contributed by atoms with Crippen molar-refractivity contribution < 1.29 is 9.32 Å². The van der Waals surface area contributed by atoms with E-state index in [1.165, 1.54) is 0 Å². The highest BCUT2D eigenvalue weighted by Crippen LogP contribution is 2.18. The van der Waals surface area contributed by atoms with Gasteiger partial charge in [0.15, 0.2) is 5.82 Å². The molecule has 7 heteroatoms. The molecular weight excluding hydrogens is 330 g/mol. The second kappa shape index (κ2) is 7.95. The summed E-state index contributed by atoms with van der Waals surface area (Å²) in [6.07, 6.45) is 4.07. The SMILES string of the molecule is CC(C)c1nccn1[C@@H](C)C(=O)NCCc1noc(-c2ccccc2)n1. The molecule has 0 saturated carbocycles. The molecule has 3 aromatic rings. The molecule has 26 heavy (non-hydrogen) atoms. The highest BCUT2D eigenvalue weighted by Gasteiger charge is 2.19. The molecule has 2 heterocycles. The van der Waals surface area contributed by atoms with Crippen LogP contribution in [0.2, 0.25) is 0 Å². The van der Waals surface area contributed by atoms with E-state index in [1.807, 2.05) is 48.0 Å². The van der Waals surface area contributed by atoms with Gasteiger partial charge in [0.05, 0.1) is 0 Å². The molecule has 0 aliphatic carbocycles. The lowest BCUT2D eigenvalue weighted by Crippen LogP contribution is -2.33. The highest BCUT2D eigenvalue weighted by atomic mass is 16.5. The molecular formula is C19H23N5O2. The Morgan fingerprint density at radius 1 is 1.23 bits per heavy atom. The molecule has 3 rings (SSSR count). The van der Waals surface area contributed by atoms with Crippen molar-refractivity contribution in [1.82, 2.24) is 25.0 Å². The van der Waals surface area contributed by atoms with Crippen LogP contribution in [0, 0.1) is 0 Å². The van der Waals surface area contributed by atoms with Crippen LogP contribution < -0.4 is 5.32 Å². The van der Waals surface area contributed by atoms with E-state index in [0.29, 0.717) is 24.7 Å². The summed E-state index contributed by atoms with van der Waals surface area (Å²) >= 11 is 0. The van der Waals surface area contributed by atoms with Gasteiger partial charge in [0.25, 0.3) is 5.89 Å². The summed E-state index contributed by atoms with van der Waals surface area (Å²) < 4.78 is 7.18. The van der Waals surface area contributed by atoms with Gasteiger partial charge < -0.3 is 14.4 Å². The zero-order chi connectivity index (χ0) is 18.5. The van der Waals surface area contributed by atoms with Gasteiger partial charge in [-0.1, -0.05) is 37.2 Å². The molecule has 0 saturated heterocycles. The van der Waals surface area contributed by atoms with Crippen LogP contribution in [0.1, 0.15) is 44.4 Å². The van der Waals surface area contributed by atoms with Gasteiger partial charge in [0.1, 0.15) is 11.9 Å². The van der Waals surface area contributed by atoms with Crippen LogP contribution in [0.15, 0.2) is 47.2 Å². The Labute approximate surface area is 152 Å². The molecule has 0 aliphatic rings. The number of amides is 1. The zero-order valence-electron chi connectivity index (χ0n) is 15.2. The second-order valence-corrected chi connectivity index (χ2v) is 6.45. The lowest BCUT2D eigenvalue weighted by molar-refractivity contribution is -0.123. The summed E-state index contributed by atoms with van der Waals surface area (Å²) in [6, 6.07) is 9.28. The van der Waals surface area contributed by atoms with Crippen molar-refractivity contribution in [1.29, 1.82) is 0 Å². The minimum atomic E-state index is -0.319. The van der Waals surface area contributed by atoms with Crippen LogP contribution in [-0.2, 0) is 11.2 Å². The smallest absolute Gasteiger partial charge is 0.257 e. The summed E-state index contributed by atoms with van der Waals surface area (Å²) in [5, 5.41) is 6.89. The Bertz CT molecular complexity index is 854. The predicted molar refractivity (Wildman–Crippen MR) is 97.5 cm³/mol. The molecule has 0 aliphatic heterocycles. The fourth-order valence-corrected chi connectivity index (χ4v) is 2.72. The van der Waals surface area contributed by atoms with Crippen LogP contribution >= 0.6 is 0 Å². The van der Waals surface area contributed by atoms with Crippen molar-refractivity contribution in [2.45, 2.75) is 39.2 Å². The van der Waals surface area contributed by atoms with Gasteiger partial charge in [-0.25, -0.2) is 4.98 Å². The number of aromatic nitrogens is 4. The molecule has 2 aromatic heterocycles. The number of benzene rings is 1. The summed E-state index contributed by atoms with van der Waals surface area (Å²) in [5.74, 6) is 2.16. The topological polar surface area (TPSA) is 85.8 Å². The normalized spacial score (nSPS) is 12.3. The van der Waals surface area contributed by atoms with E-state index in [-0.39, 0.29) is 17.9 Å². The first kappa shape index (κ1) is 17.8. The van der Waals surface area contributed by atoms with Crippen molar-refractivity contribution in [2.24, 2.45) is 0 Å². The van der Waals surface area contributed by atoms with E-state index in [4.69, 9.17) is 4.52 Å². The van der Waals surface area contributed by atoms with Gasteiger partial charge in [-0.2, -0.15) is 4.98 Å². The van der Waals surface area contributed by atoms with Gasteiger partial charge in [-0.05, 0) is 19.1 Å². The Kier molecular flexibility index (Phi) is 5.46. The maximum Gasteiger partial charge on any atom is 0.257 e. The van der Waals surface area contributed by atoms with Gasteiger partial charge in [0.2, 0.25) is 5.91 Å². The molecule has 7 nitrogen and oxygen atoms in total. The first-order valence-corrected chi connectivity index (χ1v) is 8.74. The Hall–Kier alpha value is -2.96. The molecule has 1 amide bonds. The number of hydrogen-bond donors (Lipinski definition) is 1. The number of rotatable bonds is 7. The molecule has 0 spiro atoms. The number of carbonyl (C=O) groups is 1. The molecule has 136 valence electrons. The largest absolute Gasteiger partial charge is 0.354 e. The van der Waals surface area contributed by atoms with E-state index in [0.717, 1.165) is 11.4 Å². The van der Waals surface area contributed by atoms with Gasteiger partial charge in [-0.15, -0.1) is 0 Å². The number of hydrogen-bond acceptors (Lipinski definition) is 5. The van der Waals surface area contributed by atoms with E-state index < -0.39 is 0 Å². The first-order chi connectivity index (χ1) is 12.6. The van der Waals surface area contributed by atoms with Crippen molar-refractivity contribution in [3.8, 4) is 11.5 Å². The highest BCUT2D eigenvalue weighted by molar-refractivity contribution is 5.79. The van der Waals surface area contributed by atoms with Crippen LogP contribution in [0.3, 0.4) is 0 Å². The van der Waals surface area contributed by atoms with Crippen molar-refractivity contribution in [2.75, 3.05) is 6.54 Å². The van der Waals surface area contributed by atoms with Crippen molar-refractivity contribution in [3.63, 3.8) is 0 Å². The van der Waals surface area contributed by atoms with Gasteiger partial charge in [-0.3, -0.25) is 4.79 Å². The minimum absolute atomic E-state index is 0.0586. The second-order valence-electron chi connectivity index (χ2n) is 6.45. The van der Waals surface area contributed by atoms with Crippen molar-refractivity contribution in [3.05, 3.63) is 54.4 Å². The average molecular weight is 353 g/mol. The van der Waals surface area contributed by atoms with Crippen LogP contribution in [-0.4, -0.2) is 32.1 Å². The van der Waals surface area contributed by atoms with Gasteiger partial charge in [0, 0.05) is 36.8 Å². The number of carbonyl (C=O) groups excluding carboxylic acids is 1. The third-order valence-corrected chi connectivity index (χ3v) is 4.15. The van der Waals surface area contributed by atoms with Gasteiger partial charge >= 0.3 is 0 Å². The summed E-state index contributed by atoms with van der Waals surface area (Å²) in [6.45, 7) is 6.43. The third-order valence-electron chi connectivity index (χ3n) is 4.15. The Balaban J connectivity index is 1.54. The lowest BCUT2D eigenvalue weighted by atomic mass is 10.2. The van der Waals surface area contributed by atoms with Crippen LogP contribution in [0.25, 0.3) is 11.5 Å². The predicted octanol–water partition coefficient (Wildman–Crippen LogP) is 2.98. The average Bonchev–Trinajstić information content (AvgIpc) is 3.31.